The largest absolute Gasteiger partial charge is 0.306 e. The molecular weight excluding hydrogens is 210 g/mol. The average Bonchev–Trinajstić information content (AvgIpc) is 2.63. The van der Waals surface area contributed by atoms with Crippen molar-refractivity contribution < 1.29 is 0 Å². The molecule has 1 aromatic heterocycles. The molecule has 1 aliphatic heterocycles. The fourth-order valence-electron chi connectivity index (χ4n) is 3.70. The Morgan fingerprint density at radius 3 is 2.88 bits per heavy atom. The van der Waals surface area contributed by atoms with Crippen molar-refractivity contribution in [2.24, 2.45) is 11.8 Å². The third kappa shape index (κ3) is 1.81. The number of rotatable bonds is 1. The molecular formula is C14H23N3. The topological polar surface area (TPSA) is 21.1 Å². The molecule has 0 amide bonds. The lowest BCUT2D eigenvalue weighted by molar-refractivity contribution is 0.132. The van der Waals surface area contributed by atoms with Crippen LogP contribution in [0.1, 0.15) is 30.3 Å². The summed E-state index contributed by atoms with van der Waals surface area (Å²) in [6, 6.07) is 0. The third-order valence-electron chi connectivity index (χ3n) is 4.68. The molecule has 0 radical (unpaired) electrons. The Kier molecular flexibility index (Phi) is 2.74. The molecule has 1 saturated heterocycles. The van der Waals surface area contributed by atoms with Gasteiger partial charge >= 0.3 is 0 Å². The highest BCUT2D eigenvalue weighted by atomic mass is 15.3. The first-order chi connectivity index (χ1) is 8.19. The first-order valence-corrected chi connectivity index (χ1v) is 6.92. The fraction of sp³-hybridized carbons (Fsp3) is 0.786. The molecule has 0 unspecified atom stereocenters. The second kappa shape index (κ2) is 4.13. The van der Waals surface area contributed by atoms with Crippen LogP contribution < -0.4 is 0 Å². The normalized spacial score (nSPS) is 28.9. The van der Waals surface area contributed by atoms with E-state index in [4.69, 9.17) is 5.10 Å². The summed E-state index contributed by atoms with van der Waals surface area (Å²) in [6.45, 7) is 7.95. The van der Waals surface area contributed by atoms with Gasteiger partial charge in [0.05, 0.1) is 5.69 Å². The number of fused-ring (bicyclic) bond motifs is 2. The highest BCUT2D eigenvalue weighted by Gasteiger charge is 2.35. The van der Waals surface area contributed by atoms with Crippen molar-refractivity contribution >= 4 is 0 Å². The van der Waals surface area contributed by atoms with Crippen LogP contribution in [0.25, 0.3) is 0 Å². The molecule has 3 nitrogen and oxygen atoms in total. The van der Waals surface area contributed by atoms with Crippen molar-refractivity contribution in [3.63, 3.8) is 0 Å². The molecule has 2 heterocycles. The number of likely N-dealkylation sites (tertiary alicyclic amines) is 1. The Labute approximate surface area is 104 Å². The van der Waals surface area contributed by atoms with E-state index in [1.165, 1.54) is 43.7 Å². The molecule has 0 N–H and O–H groups in total. The van der Waals surface area contributed by atoms with E-state index in [1.807, 2.05) is 0 Å². The molecule has 2 aliphatic rings. The fourth-order valence-corrected chi connectivity index (χ4v) is 3.70. The highest BCUT2D eigenvalue weighted by Crippen LogP contribution is 2.36. The van der Waals surface area contributed by atoms with E-state index in [2.05, 4.69) is 30.5 Å². The van der Waals surface area contributed by atoms with Crippen LogP contribution in [0, 0.1) is 18.8 Å². The summed E-state index contributed by atoms with van der Waals surface area (Å²) < 4.78 is 2.24. The van der Waals surface area contributed by atoms with E-state index in [-0.39, 0.29) is 0 Å². The third-order valence-corrected chi connectivity index (χ3v) is 4.68. The zero-order chi connectivity index (χ0) is 12.0. The first kappa shape index (κ1) is 11.3. The van der Waals surface area contributed by atoms with Crippen LogP contribution in [0.2, 0.25) is 0 Å². The first-order valence-electron chi connectivity index (χ1n) is 6.92. The monoisotopic (exact) mass is 233 g/mol. The molecule has 2 atom stereocenters. The number of hydrogen-bond acceptors (Lipinski definition) is 2. The molecule has 0 spiro atoms. The molecule has 0 saturated carbocycles. The zero-order valence-electron chi connectivity index (χ0n) is 11.2. The van der Waals surface area contributed by atoms with Gasteiger partial charge in [-0.15, -0.1) is 0 Å². The number of hydrogen-bond donors (Lipinski definition) is 0. The highest BCUT2D eigenvalue weighted by molar-refractivity contribution is 5.29. The predicted octanol–water partition coefficient (Wildman–Crippen LogP) is 1.88. The number of aryl methyl sites for hydroxylation is 2. The van der Waals surface area contributed by atoms with Gasteiger partial charge in [0.2, 0.25) is 0 Å². The van der Waals surface area contributed by atoms with E-state index in [1.54, 1.807) is 5.56 Å². The summed E-state index contributed by atoms with van der Waals surface area (Å²) in [5.41, 5.74) is 4.37. The molecule has 3 rings (SSSR count). The van der Waals surface area contributed by atoms with Gasteiger partial charge in [-0.05, 0) is 64.1 Å². The second-order valence-corrected chi connectivity index (χ2v) is 5.81. The molecule has 3 heteroatoms. The van der Waals surface area contributed by atoms with Crippen molar-refractivity contribution in [3.05, 3.63) is 17.0 Å². The lowest BCUT2D eigenvalue weighted by atomic mass is 9.74. The Morgan fingerprint density at radius 1 is 1.29 bits per heavy atom. The van der Waals surface area contributed by atoms with Crippen LogP contribution >= 0.6 is 0 Å². The summed E-state index contributed by atoms with van der Waals surface area (Å²) in [5.74, 6) is 1.77. The Morgan fingerprint density at radius 2 is 2.12 bits per heavy atom. The van der Waals surface area contributed by atoms with E-state index >= 15 is 0 Å². The summed E-state index contributed by atoms with van der Waals surface area (Å²) in [6.07, 6.45) is 3.90. The maximum Gasteiger partial charge on any atom is 0.0628 e. The number of piperidine rings is 1. The lowest BCUT2D eigenvalue weighted by Gasteiger charge is -2.40. The molecule has 0 bridgehead atoms. The quantitative estimate of drug-likeness (QED) is 0.738. The molecule has 17 heavy (non-hydrogen) atoms. The molecule has 1 aromatic rings. The van der Waals surface area contributed by atoms with Gasteiger partial charge in [0.25, 0.3) is 0 Å². The lowest BCUT2D eigenvalue weighted by Crippen LogP contribution is -2.42. The van der Waals surface area contributed by atoms with Gasteiger partial charge in [-0.1, -0.05) is 0 Å². The Balaban J connectivity index is 1.92. The number of aromatic nitrogens is 2. The van der Waals surface area contributed by atoms with Crippen LogP contribution in [0.5, 0.6) is 0 Å². The van der Waals surface area contributed by atoms with Crippen LogP contribution in [0.3, 0.4) is 0 Å². The van der Waals surface area contributed by atoms with E-state index in [9.17, 15) is 0 Å². The minimum absolute atomic E-state index is 0.870. The van der Waals surface area contributed by atoms with Gasteiger partial charge in [0.1, 0.15) is 0 Å². The Hall–Kier alpha value is -0.830. The minimum atomic E-state index is 0.870. The average molecular weight is 233 g/mol. The van der Waals surface area contributed by atoms with Gasteiger partial charge in [-0.2, -0.15) is 5.10 Å². The maximum absolute atomic E-state index is 4.69. The summed E-state index contributed by atoms with van der Waals surface area (Å²) in [4.78, 5) is 2.49. The Bertz CT molecular complexity index is 421. The van der Waals surface area contributed by atoms with Crippen LogP contribution in [0.15, 0.2) is 0 Å². The molecule has 1 fully saturated rings. The minimum Gasteiger partial charge on any atom is -0.306 e. The van der Waals surface area contributed by atoms with Crippen LogP contribution in [-0.2, 0) is 19.4 Å². The van der Waals surface area contributed by atoms with Gasteiger partial charge in [0, 0.05) is 18.8 Å². The summed E-state index contributed by atoms with van der Waals surface area (Å²) in [7, 11) is 2.26. The standard InChI is InChI=1S/C14H23N3/c1-4-17-14-8-11-5-6-16(3)9-12(11)7-13(14)10(2)15-17/h11-12H,4-9H2,1-3H3/t11-,12-/m0/s1. The van der Waals surface area contributed by atoms with Crippen molar-refractivity contribution in [2.45, 2.75) is 39.7 Å². The van der Waals surface area contributed by atoms with Gasteiger partial charge in [-0.3, -0.25) is 4.68 Å². The van der Waals surface area contributed by atoms with Gasteiger partial charge in [-0.25, -0.2) is 0 Å². The molecule has 1 aliphatic carbocycles. The predicted molar refractivity (Wildman–Crippen MR) is 69.1 cm³/mol. The maximum atomic E-state index is 4.69. The van der Waals surface area contributed by atoms with Crippen molar-refractivity contribution in [1.82, 2.24) is 14.7 Å². The van der Waals surface area contributed by atoms with Crippen molar-refractivity contribution in [2.75, 3.05) is 20.1 Å². The van der Waals surface area contributed by atoms with E-state index in [0.29, 0.717) is 0 Å². The van der Waals surface area contributed by atoms with Gasteiger partial charge < -0.3 is 4.90 Å². The van der Waals surface area contributed by atoms with Crippen molar-refractivity contribution in [1.29, 1.82) is 0 Å². The summed E-state index contributed by atoms with van der Waals surface area (Å²) >= 11 is 0. The molecule has 0 aromatic carbocycles. The SMILES string of the molecule is CCn1nc(C)c2c1C[C@@H]1CCN(C)C[C@@H]1C2. The second-order valence-electron chi connectivity index (χ2n) is 5.81. The van der Waals surface area contributed by atoms with Crippen LogP contribution in [-0.4, -0.2) is 34.8 Å². The van der Waals surface area contributed by atoms with Gasteiger partial charge in [0.15, 0.2) is 0 Å². The smallest absolute Gasteiger partial charge is 0.0628 e. The zero-order valence-corrected chi connectivity index (χ0v) is 11.2. The van der Waals surface area contributed by atoms with Crippen LogP contribution in [0.4, 0.5) is 0 Å². The van der Waals surface area contributed by atoms with E-state index in [0.717, 1.165) is 18.4 Å². The molecule has 94 valence electrons. The van der Waals surface area contributed by atoms with Crippen molar-refractivity contribution in [3.8, 4) is 0 Å². The number of nitrogens with zero attached hydrogens (tertiary/aromatic N) is 3. The summed E-state index contributed by atoms with van der Waals surface area (Å²) in [5, 5.41) is 4.69. The van der Waals surface area contributed by atoms with E-state index < -0.39 is 0 Å².